The van der Waals surface area contributed by atoms with E-state index in [0.717, 1.165) is 9.80 Å². The van der Waals surface area contributed by atoms with Crippen molar-refractivity contribution in [3.8, 4) is 5.75 Å². The molecule has 3 atom stereocenters. The fraction of sp³-hybridized carbons (Fsp3) is 0.450. The standard InChI is InChI=1S/C20H24N2O8/c1-11(9-23)10-30-14-4-2-12(3-5-14)15-6-13-7-21(19(26)27)8-16(17(15)18(24)25)22(13)20(28)29/h2-5,11,13,16,23H,6-10H2,1H3,(H,24,25)(H,26,27)(H,28,29)/t11-,13-,16-/m0/s1. The van der Waals surface area contributed by atoms with Crippen LogP contribution in [0.1, 0.15) is 18.9 Å². The Morgan fingerprint density at radius 2 is 1.77 bits per heavy atom. The number of rotatable bonds is 6. The van der Waals surface area contributed by atoms with Gasteiger partial charge in [-0.3, -0.25) is 4.90 Å². The summed E-state index contributed by atoms with van der Waals surface area (Å²) in [5, 5.41) is 37.8. The monoisotopic (exact) mass is 420 g/mol. The topological polar surface area (TPSA) is 148 Å². The van der Waals surface area contributed by atoms with Crippen LogP contribution in [0, 0.1) is 5.92 Å². The second-order valence-corrected chi connectivity index (χ2v) is 7.57. The van der Waals surface area contributed by atoms with E-state index in [2.05, 4.69) is 0 Å². The highest BCUT2D eigenvalue weighted by atomic mass is 16.5. The van der Waals surface area contributed by atoms with E-state index in [9.17, 15) is 29.7 Å². The lowest BCUT2D eigenvalue weighted by Crippen LogP contribution is -2.64. The molecule has 30 heavy (non-hydrogen) atoms. The predicted molar refractivity (Wildman–Crippen MR) is 104 cm³/mol. The number of hydrogen-bond acceptors (Lipinski definition) is 5. The number of hydrogen-bond donors (Lipinski definition) is 4. The van der Waals surface area contributed by atoms with Crippen molar-refractivity contribution in [2.75, 3.05) is 26.3 Å². The number of carbonyl (C=O) groups is 3. The molecule has 2 bridgehead atoms. The predicted octanol–water partition coefficient (Wildman–Crippen LogP) is 1.65. The third-order valence-electron chi connectivity index (χ3n) is 5.42. The molecule has 1 fully saturated rings. The summed E-state index contributed by atoms with van der Waals surface area (Å²) in [4.78, 5) is 37.4. The summed E-state index contributed by atoms with van der Waals surface area (Å²) in [6.45, 7) is 1.93. The van der Waals surface area contributed by atoms with Crippen LogP contribution in [-0.4, -0.2) is 86.8 Å². The van der Waals surface area contributed by atoms with Crippen molar-refractivity contribution in [1.29, 1.82) is 0 Å². The molecule has 0 radical (unpaired) electrons. The fourth-order valence-electron chi connectivity index (χ4n) is 3.94. The summed E-state index contributed by atoms with van der Waals surface area (Å²) in [7, 11) is 0. The molecule has 0 unspecified atom stereocenters. The van der Waals surface area contributed by atoms with E-state index in [4.69, 9.17) is 9.84 Å². The molecule has 0 saturated carbocycles. The first kappa shape index (κ1) is 21.4. The fourth-order valence-corrected chi connectivity index (χ4v) is 3.94. The maximum Gasteiger partial charge on any atom is 0.408 e. The van der Waals surface area contributed by atoms with Crippen LogP contribution < -0.4 is 4.74 Å². The smallest absolute Gasteiger partial charge is 0.408 e. The third-order valence-corrected chi connectivity index (χ3v) is 5.42. The second kappa shape index (κ2) is 8.62. The Bertz CT molecular complexity index is 866. The van der Waals surface area contributed by atoms with E-state index >= 15 is 0 Å². The number of aliphatic hydroxyl groups is 1. The van der Waals surface area contributed by atoms with Crippen LogP contribution in [0.4, 0.5) is 9.59 Å². The Balaban J connectivity index is 1.95. The first-order chi connectivity index (χ1) is 14.2. The molecule has 2 aliphatic heterocycles. The number of carboxylic acid groups (broad SMARTS) is 3. The van der Waals surface area contributed by atoms with Gasteiger partial charge in [-0.05, 0) is 29.7 Å². The minimum Gasteiger partial charge on any atom is -0.493 e. The van der Waals surface area contributed by atoms with Gasteiger partial charge in [0.05, 0.1) is 24.3 Å². The first-order valence-electron chi connectivity index (χ1n) is 9.52. The van der Waals surface area contributed by atoms with Gasteiger partial charge in [0.1, 0.15) is 5.75 Å². The van der Waals surface area contributed by atoms with Gasteiger partial charge in [0, 0.05) is 25.6 Å². The zero-order valence-electron chi connectivity index (χ0n) is 16.4. The Kier molecular flexibility index (Phi) is 6.16. The molecule has 2 amide bonds. The molecule has 0 aliphatic carbocycles. The molecule has 1 saturated heterocycles. The van der Waals surface area contributed by atoms with Crippen molar-refractivity contribution < 1.29 is 39.5 Å². The van der Waals surface area contributed by atoms with Gasteiger partial charge in [0.2, 0.25) is 0 Å². The SMILES string of the molecule is C[C@@H](CO)COc1ccc(C2=C(C(=O)O)[C@@H]3CN(C(=O)O)C[C@H](C2)N3C(=O)O)cc1. The molecule has 10 nitrogen and oxygen atoms in total. The number of amides is 2. The lowest BCUT2D eigenvalue weighted by molar-refractivity contribution is -0.133. The lowest BCUT2D eigenvalue weighted by Gasteiger charge is -2.48. The number of piperazine rings is 1. The maximum atomic E-state index is 12.1. The van der Waals surface area contributed by atoms with Crippen molar-refractivity contribution >= 4 is 23.7 Å². The molecule has 0 aromatic heterocycles. The summed E-state index contributed by atoms with van der Waals surface area (Å²) in [6.07, 6.45) is -2.38. The van der Waals surface area contributed by atoms with E-state index in [1.54, 1.807) is 24.3 Å². The third kappa shape index (κ3) is 4.18. The molecule has 1 aromatic rings. The van der Waals surface area contributed by atoms with Gasteiger partial charge in [-0.25, -0.2) is 14.4 Å². The van der Waals surface area contributed by atoms with E-state index in [-0.39, 0.29) is 37.6 Å². The van der Waals surface area contributed by atoms with Crippen LogP contribution in [0.25, 0.3) is 5.57 Å². The van der Waals surface area contributed by atoms with Crippen molar-refractivity contribution in [2.24, 2.45) is 5.92 Å². The van der Waals surface area contributed by atoms with Gasteiger partial charge in [-0.15, -0.1) is 0 Å². The quantitative estimate of drug-likeness (QED) is 0.543. The average Bonchev–Trinajstić information content (AvgIpc) is 2.70. The number of aliphatic hydroxyl groups excluding tert-OH is 1. The van der Waals surface area contributed by atoms with Crippen LogP contribution in [0.3, 0.4) is 0 Å². The molecule has 0 spiro atoms. The second-order valence-electron chi connectivity index (χ2n) is 7.57. The number of fused-ring (bicyclic) bond motifs is 2. The minimum atomic E-state index is -1.27. The largest absolute Gasteiger partial charge is 0.493 e. The van der Waals surface area contributed by atoms with Crippen molar-refractivity contribution in [2.45, 2.75) is 25.4 Å². The molecule has 10 heteroatoms. The molecule has 2 aliphatic rings. The zero-order valence-corrected chi connectivity index (χ0v) is 16.4. The highest BCUT2D eigenvalue weighted by Gasteiger charge is 2.47. The van der Waals surface area contributed by atoms with Crippen LogP contribution in [0.5, 0.6) is 5.75 Å². The summed E-state index contributed by atoms with van der Waals surface area (Å²) in [6, 6.07) is 5.04. The Morgan fingerprint density at radius 1 is 1.10 bits per heavy atom. The molecule has 3 rings (SSSR count). The van der Waals surface area contributed by atoms with Crippen molar-refractivity contribution in [3.63, 3.8) is 0 Å². The molecule has 2 heterocycles. The highest BCUT2D eigenvalue weighted by molar-refractivity contribution is 5.99. The Labute approximate surface area is 172 Å². The maximum absolute atomic E-state index is 12.1. The summed E-state index contributed by atoms with van der Waals surface area (Å²) < 4.78 is 5.59. The summed E-state index contributed by atoms with van der Waals surface area (Å²) in [5.74, 6) is -0.733. The molecular weight excluding hydrogens is 396 g/mol. The summed E-state index contributed by atoms with van der Waals surface area (Å²) >= 11 is 0. The number of benzene rings is 1. The van der Waals surface area contributed by atoms with Crippen molar-refractivity contribution in [1.82, 2.24) is 9.80 Å². The van der Waals surface area contributed by atoms with Crippen molar-refractivity contribution in [3.05, 3.63) is 35.4 Å². The van der Waals surface area contributed by atoms with E-state index in [0.29, 0.717) is 23.5 Å². The molecular formula is C20H24N2O8. The van der Waals surface area contributed by atoms with E-state index < -0.39 is 30.2 Å². The average molecular weight is 420 g/mol. The normalized spacial score (nSPS) is 21.9. The lowest BCUT2D eigenvalue weighted by atomic mass is 9.82. The van der Waals surface area contributed by atoms with E-state index in [1.807, 2.05) is 6.92 Å². The first-order valence-corrected chi connectivity index (χ1v) is 9.52. The molecule has 1 aromatic carbocycles. The summed E-state index contributed by atoms with van der Waals surface area (Å²) in [5.41, 5.74) is 1.01. The number of ether oxygens (including phenoxy) is 1. The minimum absolute atomic E-state index is 0.00313. The van der Waals surface area contributed by atoms with Gasteiger partial charge in [-0.1, -0.05) is 19.1 Å². The van der Waals surface area contributed by atoms with Crippen LogP contribution in [0.15, 0.2) is 29.8 Å². The highest BCUT2D eigenvalue weighted by Crippen LogP contribution is 2.38. The Morgan fingerprint density at radius 3 is 2.30 bits per heavy atom. The molecule has 162 valence electrons. The van der Waals surface area contributed by atoms with Crippen LogP contribution in [0.2, 0.25) is 0 Å². The van der Waals surface area contributed by atoms with Crippen LogP contribution >= 0.6 is 0 Å². The van der Waals surface area contributed by atoms with Crippen LogP contribution in [-0.2, 0) is 4.79 Å². The molecule has 4 N–H and O–H groups in total. The van der Waals surface area contributed by atoms with Gasteiger partial charge in [0.15, 0.2) is 0 Å². The van der Waals surface area contributed by atoms with Gasteiger partial charge < -0.3 is 30.1 Å². The number of aliphatic carboxylic acids is 1. The van der Waals surface area contributed by atoms with Gasteiger partial charge in [0.25, 0.3) is 0 Å². The van der Waals surface area contributed by atoms with Gasteiger partial charge in [-0.2, -0.15) is 0 Å². The number of nitrogens with zero attached hydrogens (tertiary/aromatic N) is 2. The Hall–Kier alpha value is -3.27. The van der Waals surface area contributed by atoms with E-state index in [1.165, 1.54) is 0 Å². The number of carboxylic acids is 1. The van der Waals surface area contributed by atoms with Gasteiger partial charge >= 0.3 is 18.2 Å². The zero-order chi connectivity index (χ0) is 22.0.